The predicted octanol–water partition coefficient (Wildman–Crippen LogP) is 5.16. The van der Waals surface area contributed by atoms with Crippen LogP contribution >= 0.6 is 0 Å². The molecule has 0 saturated carbocycles. The molecule has 2 bridgehead atoms. The molecule has 0 radical (unpaired) electrons. The summed E-state index contributed by atoms with van der Waals surface area (Å²) >= 11 is 0. The van der Waals surface area contributed by atoms with Gasteiger partial charge in [0.15, 0.2) is 0 Å². The summed E-state index contributed by atoms with van der Waals surface area (Å²) in [7, 11) is 0. The average Bonchev–Trinajstić information content (AvgIpc) is 2.92. The maximum atomic E-state index is 11.9. The number of nitrogens with zero attached hydrogens (tertiary/aromatic N) is 1. The van der Waals surface area contributed by atoms with Gasteiger partial charge in [0, 0.05) is 18.6 Å². The quantitative estimate of drug-likeness (QED) is 0.699. The van der Waals surface area contributed by atoms with Gasteiger partial charge in [-0.1, -0.05) is 66.7 Å². The Morgan fingerprint density at radius 2 is 1.56 bits per heavy atom. The molecule has 2 nitrogen and oxygen atoms in total. The highest BCUT2D eigenvalue weighted by molar-refractivity contribution is 5.87. The Hall–Kier alpha value is -2.16. The fraction of sp³-hybridized carbons (Fsp3) is 0.360. The highest BCUT2D eigenvalue weighted by Gasteiger charge is 2.48. The molecule has 3 aromatic carbocycles. The van der Waals surface area contributed by atoms with E-state index in [2.05, 4.69) is 78.6 Å². The van der Waals surface area contributed by atoms with Gasteiger partial charge in [0.05, 0.1) is 5.60 Å². The minimum absolute atomic E-state index is 0.465. The zero-order valence-corrected chi connectivity index (χ0v) is 15.9. The molecule has 2 fully saturated rings. The van der Waals surface area contributed by atoms with E-state index in [0.29, 0.717) is 12.1 Å². The van der Waals surface area contributed by atoms with Crippen LogP contribution < -0.4 is 0 Å². The van der Waals surface area contributed by atoms with Gasteiger partial charge < -0.3 is 5.11 Å². The summed E-state index contributed by atoms with van der Waals surface area (Å²) in [5.74, 6) is 0. The molecule has 0 aliphatic carbocycles. The van der Waals surface area contributed by atoms with Crippen LogP contribution in [0.15, 0.2) is 66.7 Å². The lowest BCUT2D eigenvalue weighted by Gasteiger charge is -2.45. The van der Waals surface area contributed by atoms with Crippen LogP contribution in [0.1, 0.15) is 42.4 Å². The van der Waals surface area contributed by atoms with Crippen molar-refractivity contribution >= 4 is 10.8 Å². The van der Waals surface area contributed by atoms with Gasteiger partial charge in [-0.2, -0.15) is 0 Å². The van der Waals surface area contributed by atoms with E-state index in [1.54, 1.807) is 0 Å². The first-order valence-corrected chi connectivity index (χ1v) is 10.1. The first-order chi connectivity index (χ1) is 13.1. The monoisotopic (exact) mass is 357 g/mol. The Morgan fingerprint density at radius 3 is 2.30 bits per heavy atom. The van der Waals surface area contributed by atoms with E-state index in [0.717, 1.165) is 24.9 Å². The molecule has 0 spiro atoms. The number of benzene rings is 3. The second kappa shape index (κ2) is 6.47. The van der Waals surface area contributed by atoms with E-state index in [1.165, 1.54) is 34.7 Å². The Balaban J connectivity index is 1.49. The van der Waals surface area contributed by atoms with E-state index in [4.69, 9.17) is 0 Å². The summed E-state index contributed by atoms with van der Waals surface area (Å²) in [6.07, 6.45) is 4.07. The highest BCUT2D eigenvalue weighted by Crippen LogP contribution is 2.48. The summed E-state index contributed by atoms with van der Waals surface area (Å²) in [5, 5.41) is 14.3. The van der Waals surface area contributed by atoms with Crippen molar-refractivity contribution in [2.24, 2.45) is 0 Å². The van der Waals surface area contributed by atoms with E-state index in [-0.39, 0.29) is 0 Å². The average molecular weight is 357 g/mol. The lowest BCUT2D eigenvalue weighted by Crippen LogP contribution is -2.49. The smallest absolute Gasteiger partial charge is 0.0934 e. The van der Waals surface area contributed by atoms with E-state index in [9.17, 15) is 5.11 Å². The molecule has 3 aromatic rings. The highest BCUT2D eigenvalue weighted by atomic mass is 16.3. The zero-order chi connectivity index (χ0) is 18.4. The predicted molar refractivity (Wildman–Crippen MR) is 111 cm³/mol. The zero-order valence-electron chi connectivity index (χ0n) is 15.9. The van der Waals surface area contributed by atoms with Gasteiger partial charge in [-0.3, -0.25) is 4.90 Å². The number of rotatable bonds is 3. The summed E-state index contributed by atoms with van der Waals surface area (Å²) in [4.78, 5) is 2.64. The van der Waals surface area contributed by atoms with Gasteiger partial charge in [-0.05, 0) is 60.1 Å². The number of hydrogen-bond donors (Lipinski definition) is 1. The third-order valence-electron chi connectivity index (χ3n) is 6.73. The van der Waals surface area contributed by atoms with Crippen molar-refractivity contribution in [1.29, 1.82) is 0 Å². The van der Waals surface area contributed by atoms with Crippen LogP contribution in [0.5, 0.6) is 0 Å². The maximum Gasteiger partial charge on any atom is 0.0934 e. The van der Waals surface area contributed by atoms with Gasteiger partial charge in [0.25, 0.3) is 0 Å². The second-order valence-corrected chi connectivity index (χ2v) is 8.46. The molecule has 2 aliphatic rings. The molecule has 2 saturated heterocycles. The third-order valence-corrected chi connectivity index (χ3v) is 6.73. The van der Waals surface area contributed by atoms with Crippen molar-refractivity contribution in [3.05, 3.63) is 83.4 Å². The lowest BCUT2D eigenvalue weighted by molar-refractivity contribution is -0.0588. The molecule has 0 aromatic heterocycles. The van der Waals surface area contributed by atoms with Crippen molar-refractivity contribution in [1.82, 2.24) is 4.90 Å². The van der Waals surface area contributed by atoms with Gasteiger partial charge in [0.2, 0.25) is 0 Å². The van der Waals surface area contributed by atoms with Crippen molar-refractivity contribution < 1.29 is 5.11 Å². The van der Waals surface area contributed by atoms with Crippen LogP contribution in [0.25, 0.3) is 10.8 Å². The van der Waals surface area contributed by atoms with Crippen molar-refractivity contribution in [2.75, 3.05) is 0 Å². The molecule has 2 unspecified atom stereocenters. The van der Waals surface area contributed by atoms with Crippen LogP contribution in [-0.4, -0.2) is 22.1 Å². The third kappa shape index (κ3) is 2.88. The Labute approximate surface area is 161 Å². The summed E-state index contributed by atoms with van der Waals surface area (Å²) < 4.78 is 0. The lowest BCUT2D eigenvalue weighted by atomic mass is 9.76. The fourth-order valence-electron chi connectivity index (χ4n) is 5.57. The number of fused-ring (bicyclic) bond motifs is 3. The van der Waals surface area contributed by atoms with Crippen LogP contribution in [0.4, 0.5) is 0 Å². The van der Waals surface area contributed by atoms with Crippen LogP contribution in [0.2, 0.25) is 0 Å². The summed E-state index contributed by atoms with van der Waals surface area (Å²) in [6, 6.07) is 24.5. The molecular weight excluding hydrogens is 330 g/mol. The molecule has 1 N–H and O–H groups in total. The first kappa shape index (κ1) is 17.0. The van der Waals surface area contributed by atoms with Gasteiger partial charge in [0.1, 0.15) is 0 Å². The van der Waals surface area contributed by atoms with E-state index in [1.807, 2.05) is 0 Å². The van der Waals surface area contributed by atoms with Gasteiger partial charge in [-0.25, -0.2) is 0 Å². The summed E-state index contributed by atoms with van der Waals surface area (Å²) in [5.41, 5.74) is 3.04. The molecule has 0 amide bonds. The van der Waals surface area contributed by atoms with E-state index < -0.39 is 5.60 Å². The topological polar surface area (TPSA) is 23.5 Å². The van der Waals surface area contributed by atoms with Crippen LogP contribution in [0, 0.1) is 6.92 Å². The van der Waals surface area contributed by atoms with Crippen molar-refractivity contribution in [2.45, 2.75) is 56.8 Å². The second-order valence-electron chi connectivity index (χ2n) is 8.46. The molecule has 5 rings (SSSR count). The Morgan fingerprint density at radius 1 is 0.889 bits per heavy atom. The molecule has 2 heterocycles. The Kier molecular flexibility index (Phi) is 4.07. The fourth-order valence-corrected chi connectivity index (χ4v) is 5.57. The first-order valence-electron chi connectivity index (χ1n) is 10.1. The standard InChI is InChI=1S/C25H27NO/c1-18-11-12-20-9-5-6-10-23(20)24(18)25(27)15-21-13-14-22(16-25)26(21)17-19-7-3-2-4-8-19/h2-12,21-22,27H,13-17H2,1H3. The van der Waals surface area contributed by atoms with E-state index >= 15 is 0 Å². The van der Waals surface area contributed by atoms with Crippen molar-refractivity contribution in [3.63, 3.8) is 0 Å². The maximum absolute atomic E-state index is 11.9. The van der Waals surface area contributed by atoms with Crippen LogP contribution in [-0.2, 0) is 12.1 Å². The summed E-state index contributed by atoms with van der Waals surface area (Å²) in [6.45, 7) is 3.15. The Bertz CT molecular complexity index is 950. The number of aryl methyl sites for hydroxylation is 1. The SMILES string of the molecule is Cc1ccc2ccccc2c1C1(O)CC2CCC(C1)N2Cc1ccccc1. The number of piperidine rings is 1. The molecule has 2 atom stereocenters. The van der Waals surface area contributed by atoms with Crippen LogP contribution in [0.3, 0.4) is 0 Å². The van der Waals surface area contributed by atoms with Gasteiger partial charge >= 0.3 is 0 Å². The largest absolute Gasteiger partial charge is 0.385 e. The minimum Gasteiger partial charge on any atom is -0.385 e. The molecular formula is C25H27NO. The normalized spacial score (nSPS) is 27.9. The van der Waals surface area contributed by atoms with Gasteiger partial charge in [-0.15, -0.1) is 0 Å². The number of hydrogen-bond acceptors (Lipinski definition) is 2. The molecule has 2 aliphatic heterocycles. The number of aliphatic hydroxyl groups is 1. The minimum atomic E-state index is -0.718. The molecule has 27 heavy (non-hydrogen) atoms. The molecule has 138 valence electrons. The molecule has 2 heteroatoms. The van der Waals surface area contributed by atoms with Crippen molar-refractivity contribution in [3.8, 4) is 0 Å².